The van der Waals surface area contributed by atoms with E-state index in [4.69, 9.17) is 9.47 Å². The van der Waals surface area contributed by atoms with Gasteiger partial charge in [-0.3, -0.25) is 0 Å². The van der Waals surface area contributed by atoms with Crippen molar-refractivity contribution in [2.45, 2.75) is 64.0 Å². The van der Waals surface area contributed by atoms with Gasteiger partial charge < -0.3 is 30.1 Å². The molecule has 222 valence electrons. The molecule has 2 aromatic rings. The number of likely N-dealkylation sites (N-methyl/N-ethyl adjacent to an activating group) is 1. The highest BCUT2D eigenvalue weighted by Gasteiger charge is 2.44. The largest absolute Gasteiger partial charge is 0.454 e. The number of methoxy groups -OCH3 is 1. The van der Waals surface area contributed by atoms with Crippen LogP contribution in [0.3, 0.4) is 0 Å². The summed E-state index contributed by atoms with van der Waals surface area (Å²) in [6, 6.07) is 10.4. The topological polar surface area (TPSA) is 83.1 Å². The summed E-state index contributed by atoms with van der Waals surface area (Å²) in [6.07, 6.45) is 3.56. The van der Waals surface area contributed by atoms with Gasteiger partial charge in [0.2, 0.25) is 0 Å². The van der Waals surface area contributed by atoms with Gasteiger partial charge in [0.15, 0.2) is 11.6 Å². The van der Waals surface area contributed by atoms with E-state index in [1.807, 2.05) is 13.1 Å². The van der Waals surface area contributed by atoms with Gasteiger partial charge in [-0.2, -0.15) is 0 Å². The van der Waals surface area contributed by atoms with Gasteiger partial charge in [0.25, 0.3) is 0 Å². The number of rotatable bonds is 14. The molecule has 3 N–H and O–H groups in total. The van der Waals surface area contributed by atoms with Crippen molar-refractivity contribution in [3.63, 3.8) is 0 Å². The minimum absolute atomic E-state index is 0.0333. The number of unbranched alkanes of at least 4 members (excludes halogenated alkanes) is 1. The molecule has 0 aromatic heterocycles. The van der Waals surface area contributed by atoms with Gasteiger partial charge >= 0.3 is 6.03 Å². The Labute approximate surface area is 237 Å². The van der Waals surface area contributed by atoms with E-state index in [-0.39, 0.29) is 36.4 Å². The minimum Gasteiger partial charge on any atom is -0.454 e. The Bertz CT molecular complexity index is 1070. The SMILES string of the molecule is CNCC(CC(C)C)NC(=O)N1CCCC(C(O)(CCCCOC)c2cc(F)cc(F)c2Oc2ccccc2)C1. The summed E-state index contributed by atoms with van der Waals surface area (Å²) in [5.41, 5.74) is -1.58. The Morgan fingerprint density at radius 2 is 1.95 bits per heavy atom. The lowest BCUT2D eigenvalue weighted by molar-refractivity contribution is -0.0580. The number of carbonyl (C=O) groups is 1. The number of halogens is 2. The number of benzene rings is 2. The average Bonchev–Trinajstić information content (AvgIpc) is 2.92. The summed E-state index contributed by atoms with van der Waals surface area (Å²) < 4.78 is 41.1. The third kappa shape index (κ3) is 8.62. The van der Waals surface area contributed by atoms with E-state index in [1.165, 1.54) is 6.07 Å². The third-order valence-corrected chi connectivity index (χ3v) is 7.51. The number of amides is 2. The Hall–Kier alpha value is -2.75. The number of hydrogen-bond acceptors (Lipinski definition) is 5. The van der Waals surface area contributed by atoms with Gasteiger partial charge in [0.05, 0.1) is 5.60 Å². The van der Waals surface area contributed by atoms with Crippen molar-refractivity contribution in [3.8, 4) is 11.5 Å². The van der Waals surface area contributed by atoms with E-state index in [9.17, 15) is 14.3 Å². The molecule has 1 saturated heterocycles. The molecule has 0 bridgehead atoms. The number of ether oxygens (including phenoxy) is 2. The second kappa shape index (κ2) is 15.3. The molecule has 1 heterocycles. The van der Waals surface area contributed by atoms with Crippen molar-refractivity contribution in [2.24, 2.45) is 11.8 Å². The number of aliphatic hydroxyl groups is 1. The maximum atomic E-state index is 15.3. The average molecular weight is 562 g/mol. The second-order valence-electron chi connectivity index (χ2n) is 11.2. The Morgan fingerprint density at radius 3 is 2.62 bits per heavy atom. The number of likely N-dealkylation sites (tertiary alicyclic amines) is 1. The van der Waals surface area contributed by atoms with Crippen LogP contribution in [0.5, 0.6) is 11.5 Å². The first-order valence-corrected chi connectivity index (χ1v) is 14.3. The van der Waals surface area contributed by atoms with Crippen LogP contribution in [0.2, 0.25) is 0 Å². The highest BCUT2D eigenvalue weighted by molar-refractivity contribution is 5.74. The van der Waals surface area contributed by atoms with E-state index in [0.29, 0.717) is 57.0 Å². The Balaban J connectivity index is 1.93. The molecule has 2 aromatic carbocycles. The van der Waals surface area contributed by atoms with Gasteiger partial charge in [-0.1, -0.05) is 32.0 Å². The first-order valence-electron chi connectivity index (χ1n) is 14.3. The van der Waals surface area contributed by atoms with Gasteiger partial charge in [-0.05, 0) is 69.7 Å². The number of para-hydroxylation sites is 1. The van der Waals surface area contributed by atoms with Crippen molar-refractivity contribution in [1.82, 2.24) is 15.5 Å². The van der Waals surface area contributed by atoms with Gasteiger partial charge in [0, 0.05) is 56.9 Å². The van der Waals surface area contributed by atoms with Crippen LogP contribution in [0.1, 0.15) is 57.9 Å². The number of nitrogens with one attached hydrogen (secondary N) is 2. The van der Waals surface area contributed by atoms with Crippen LogP contribution in [0.25, 0.3) is 0 Å². The van der Waals surface area contributed by atoms with Crippen molar-refractivity contribution < 1.29 is 28.2 Å². The zero-order valence-electron chi connectivity index (χ0n) is 24.2. The fraction of sp³-hybridized carbons (Fsp3) is 0.581. The van der Waals surface area contributed by atoms with Gasteiger partial charge in [-0.25, -0.2) is 13.6 Å². The van der Waals surface area contributed by atoms with Crippen LogP contribution in [0.4, 0.5) is 13.6 Å². The molecule has 3 rings (SSSR count). The third-order valence-electron chi connectivity index (χ3n) is 7.51. The molecule has 1 aliphatic heterocycles. The summed E-state index contributed by atoms with van der Waals surface area (Å²) in [7, 11) is 3.46. The lowest BCUT2D eigenvalue weighted by atomic mass is 9.73. The molecule has 3 atom stereocenters. The standard InChI is InChI=1S/C31H45F2N3O4/c1-22(2)17-25(20-34-3)35-30(37)36-15-10-11-23(21-36)31(38,14-8-9-16-39-4)27-18-24(32)19-28(33)29(27)40-26-12-6-5-7-13-26/h5-7,12-13,18-19,22-23,25,34,38H,8-11,14-17,20-21H2,1-4H3,(H,35,37). The van der Waals surface area contributed by atoms with E-state index >= 15 is 4.39 Å². The maximum Gasteiger partial charge on any atom is 0.317 e. The molecule has 2 amide bonds. The molecule has 40 heavy (non-hydrogen) atoms. The van der Waals surface area contributed by atoms with Gasteiger partial charge in [0.1, 0.15) is 11.6 Å². The quantitative estimate of drug-likeness (QED) is 0.253. The molecule has 7 nitrogen and oxygen atoms in total. The molecule has 0 aliphatic carbocycles. The summed E-state index contributed by atoms with van der Waals surface area (Å²) in [5, 5.41) is 18.6. The molecular formula is C31H45F2N3O4. The molecule has 0 saturated carbocycles. The lowest BCUT2D eigenvalue weighted by Gasteiger charge is -2.43. The van der Waals surface area contributed by atoms with Gasteiger partial charge in [-0.15, -0.1) is 0 Å². The number of hydrogen-bond donors (Lipinski definition) is 3. The molecule has 9 heteroatoms. The van der Waals surface area contributed by atoms with Crippen LogP contribution >= 0.6 is 0 Å². The summed E-state index contributed by atoms with van der Waals surface area (Å²) >= 11 is 0. The van der Waals surface area contributed by atoms with Crippen molar-refractivity contribution in [3.05, 3.63) is 59.7 Å². The second-order valence-corrected chi connectivity index (χ2v) is 11.2. The molecule has 3 unspecified atom stereocenters. The summed E-state index contributed by atoms with van der Waals surface area (Å²) in [4.78, 5) is 15.0. The number of nitrogens with zero attached hydrogens (tertiary/aromatic N) is 1. The number of urea groups is 1. The summed E-state index contributed by atoms with van der Waals surface area (Å²) in [5.74, 6) is -1.55. The van der Waals surface area contributed by atoms with E-state index in [2.05, 4.69) is 24.5 Å². The van der Waals surface area contributed by atoms with E-state index in [0.717, 1.165) is 12.5 Å². The Kier molecular flexibility index (Phi) is 12.2. The van der Waals surface area contributed by atoms with Crippen molar-refractivity contribution in [2.75, 3.05) is 40.4 Å². The fourth-order valence-electron chi connectivity index (χ4n) is 5.62. The van der Waals surface area contributed by atoms with Crippen LogP contribution in [0.15, 0.2) is 42.5 Å². The van der Waals surface area contributed by atoms with Crippen molar-refractivity contribution >= 4 is 6.03 Å². The zero-order chi connectivity index (χ0) is 29.1. The number of piperidine rings is 1. The zero-order valence-corrected chi connectivity index (χ0v) is 24.2. The first kappa shape index (κ1) is 31.8. The monoisotopic (exact) mass is 561 g/mol. The predicted octanol–water partition coefficient (Wildman–Crippen LogP) is 5.82. The minimum atomic E-state index is -1.64. The van der Waals surface area contributed by atoms with Crippen LogP contribution < -0.4 is 15.4 Å². The highest BCUT2D eigenvalue weighted by atomic mass is 19.1. The normalized spacial score (nSPS) is 17.9. The predicted molar refractivity (Wildman–Crippen MR) is 152 cm³/mol. The molecule has 0 radical (unpaired) electrons. The molecular weight excluding hydrogens is 516 g/mol. The summed E-state index contributed by atoms with van der Waals surface area (Å²) in [6.45, 7) is 6.17. The van der Waals surface area contributed by atoms with Crippen molar-refractivity contribution in [1.29, 1.82) is 0 Å². The molecule has 1 fully saturated rings. The first-order chi connectivity index (χ1) is 19.2. The molecule has 0 spiro atoms. The van der Waals surface area contributed by atoms with Crippen LogP contribution in [0, 0.1) is 23.5 Å². The lowest BCUT2D eigenvalue weighted by Crippen LogP contribution is -2.54. The van der Waals surface area contributed by atoms with E-state index < -0.39 is 23.2 Å². The van der Waals surface area contributed by atoms with E-state index in [1.54, 1.807) is 36.3 Å². The highest BCUT2D eigenvalue weighted by Crippen LogP contribution is 2.45. The smallest absolute Gasteiger partial charge is 0.317 e. The number of carbonyl (C=O) groups excluding carboxylic acids is 1. The fourth-order valence-corrected chi connectivity index (χ4v) is 5.62. The Morgan fingerprint density at radius 1 is 1.20 bits per heavy atom. The molecule has 1 aliphatic rings. The van der Waals surface area contributed by atoms with Crippen LogP contribution in [-0.4, -0.2) is 62.5 Å². The maximum absolute atomic E-state index is 15.3. The van der Waals surface area contributed by atoms with Crippen LogP contribution in [-0.2, 0) is 10.3 Å².